The summed E-state index contributed by atoms with van der Waals surface area (Å²) < 4.78 is 11.2. The standard InChI is InChI=1S/C24H21NO4/c1-2-17-10-11-22-20(13-17)21(26)14-23(29-22)24(27)25(16-19-9-6-12-28-19)15-18-7-4-3-5-8-18/h3-14H,2,15-16H2,1H3. The highest BCUT2D eigenvalue weighted by atomic mass is 16.3. The van der Waals surface area contributed by atoms with Gasteiger partial charge in [0, 0.05) is 12.6 Å². The van der Waals surface area contributed by atoms with Crippen molar-refractivity contribution >= 4 is 16.9 Å². The lowest BCUT2D eigenvalue weighted by Crippen LogP contribution is -2.30. The van der Waals surface area contributed by atoms with Crippen LogP contribution in [0, 0.1) is 0 Å². The molecule has 1 amide bonds. The van der Waals surface area contributed by atoms with Gasteiger partial charge < -0.3 is 13.7 Å². The first-order valence-corrected chi connectivity index (χ1v) is 9.56. The van der Waals surface area contributed by atoms with Crippen LogP contribution in [0.2, 0.25) is 0 Å². The Morgan fingerprint density at radius 3 is 2.48 bits per heavy atom. The number of fused-ring (bicyclic) bond motifs is 1. The average molecular weight is 387 g/mol. The predicted octanol–water partition coefficient (Wildman–Crippen LogP) is 4.79. The molecule has 4 rings (SSSR count). The second-order valence-electron chi connectivity index (χ2n) is 6.89. The molecule has 0 bridgehead atoms. The number of carbonyl (C=O) groups is 1. The van der Waals surface area contributed by atoms with Crippen LogP contribution in [-0.4, -0.2) is 10.8 Å². The molecule has 0 aliphatic heterocycles. The third-order valence-corrected chi connectivity index (χ3v) is 4.84. The van der Waals surface area contributed by atoms with Crippen molar-refractivity contribution in [1.82, 2.24) is 4.90 Å². The zero-order chi connectivity index (χ0) is 20.2. The number of carbonyl (C=O) groups excluding carboxylic acids is 1. The summed E-state index contributed by atoms with van der Waals surface area (Å²) in [6.45, 7) is 2.67. The molecule has 2 aromatic heterocycles. The molecule has 2 aromatic carbocycles. The van der Waals surface area contributed by atoms with E-state index < -0.39 is 0 Å². The number of furan rings is 1. The quantitative estimate of drug-likeness (QED) is 0.477. The van der Waals surface area contributed by atoms with Gasteiger partial charge in [-0.1, -0.05) is 43.3 Å². The van der Waals surface area contributed by atoms with Gasteiger partial charge in [0.25, 0.3) is 5.91 Å². The molecule has 0 atom stereocenters. The third kappa shape index (κ3) is 4.14. The zero-order valence-electron chi connectivity index (χ0n) is 16.1. The van der Waals surface area contributed by atoms with Crippen LogP contribution in [0.5, 0.6) is 0 Å². The van der Waals surface area contributed by atoms with Gasteiger partial charge in [0.2, 0.25) is 0 Å². The maximum Gasteiger partial charge on any atom is 0.290 e. The fraction of sp³-hybridized carbons (Fsp3) is 0.167. The lowest BCUT2D eigenvalue weighted by molar-refractivity contribution is 0.0686. The van der Waals surface area contributed by atoms with E-state index in [2.05, 4.69) is 0 Å². The molecule has 5 nitrogen and oxygen atoms in total. The maximum absolute atomic E-state index is 13.2. The molecule has 0 radical (unpaired) electrons. The molecule has 2 heterocycles. The molecule has 0 saturated carbocycles. The SMILES string of the molecule is CCc1ccc2oc(C(=O)N(Cc3ccccc3)Cc3ccco3)cc(=O)c2c1. The van der Waals surface area contributed by atoms with Gasteiger partial charge in [0.15, 0.2) is 11.2 Å². The summed E-state index contributed by atoms with van der Waals surface area (Å²) in [6.07, 6.45) is 2.39. The molecule has 0 unspecified atom stereocenters. The molecule has 29 heavy (non-hydrogen) atoms. The minimum absolute atomic E-state index is 0.0224. The Bertz CT molecular complexity index is 1180. The van der Waals surface area contributed by atoms with Gasteiger partial charge in [-0.3, -0.25) is 9.59 Å². The number of rotatable bonds is 6. The van der Waals surface area contributed by atoms with Crippen molar-refractivity contribution in [2.24, 2.45) is 0 Å². The Labute approximate surface area is 168 Å². The maximum atomic E-state index is 13.2. The van der Waals surface area contributed by atoms with E-state index in [0.29, 0.717) is 23.3 Å². The second-order valence-corrected chi connectivity index (χ2v) is 6.89. The van der Waals surface area contributed by atoms with Gasteiger partial charge in [0.1, 0.15) is 11.3 Å². The number of hydrogen-bond acceptors (Lipinski definition) is 4. The smallest absolute Gasteiger partial charge is 0.290 e. The van der Waals surface area contributed by atoms with Crippen molar-refractivity contribution in [3.63, 3.8) is 0 Å². The minimum atomic E-state index is -0.358. The molecule has 0 aliphatic carbocycles. The van der Waals surface area contributed by atoms with E-state index in [4.69, 9.17) is 8.83 Å². The third-order valence-electron chi connectivity index (χ3n) is 4.84. The van der Waals surface area contributed by atoms with Crippen molar-refractivity contribution in [2.45, 2.75) is 26.4 Å². The van der Waals surface area contributed by atoms with Gasteiger partial charge >= 0.3 is 0 Å². The number of aryl methyl sites for hydroxylation is 1. The van der Waals surface area contributed by atoms with Gasteiger partial charge in [-0.05, 0) is 41.8 Å². The fourth-order valence-electron chi connectivity index (χ4n) is 3.28. The average Bonchev–Trinajstić information content (AvgIpc) is 3.26. The first-order valence-electron chi connectivity index (χ1n) is 9.56. The van der Waals surface area contributed by atoms with Crippen molar-refractivity contribution in [2.75, 3.05) is 0 Å². The summed E-state index contributed by atoms with van der Waals surface area (Å²) in [5.41, 5.74) is 2.22. The van der Waals surface area contributed by atoms with E-state index in [0.717, 1.165) is 17.5 Å². The van der Waals surface area contributed by atoms with Crippen LogP contribution in [0.3, 0.4) is 0 Å². The van der Waals surface area contributed by atoms with Crippen LogP contribution in [0.4, 0.5) is 0 Å². The van der Waals surface area contributed by atoms with Crippen LogP contribution in [0.1, 0.15) is 34.4 Å². The molecular weight excluding hydrogens is 366 g/mol. The van der Waals surface area contributed by atoms with Crippen molar-refractivity contribution in [1.29, 1.82) is 0 Å². The lowest BCUT2D eigenvalue weighted by atomic mass is 10.1. The van der Waals surface area contributed by atoms with Crippen LogP contribution >= 0.6 is 0 Å². The largest absolute Gasteiger partial charge is 0.467 e. The molecule has 0 aliphatic rings. The molecule has 5 heteroatoms. The van der Waals surface area contributed by atoms with E-state index in [9.17, 15) is 9.59 Å². The monoisotopic (exact) mass is 387 g/mol. The van der Waals surface area contributed by atoms with Crippen molar-refractivity contribution < 1.29 is 13.6 Å². The number of hydrogen-bond donors (Lipinski definition) is 0. The number of benzene rings is 2. The van der Waals surface area contributed by atoms with Crippen molar-refractivity contribution in [3.05, 3.63) is 106 Å². The molecule has 0 saturated heterocycles. The molecule has 146 valence electrons. The van der Waals surface area contributed by atoms with Gasteiger partial charge in [-0.25, -0.2) is 0 Å². The van der Waals surface area contributed by atoms with Gasteiger partial charge in [-0.15, -0.1) is 0 Å². The van der Waals surface area contributed by atoms with E-state index >= 15 is 0 Å². The lowest BCUT2D eigenvalue weighted by Gasteiger charge is -2.21. The van der Waals surface area contributed by atoms with E-state index in [1.54, 1.807) is 23.3 Å². The summed E-state index contributed by atoms with van der Waals surface area (Å²) in [6, 6.07) is 20.0. The highest BCUT2D eigenvalue weighted by Gasteiger charge is 2.21. The topological polar surface area (TPSA) is 63.7 Å². The summed E-state index contributed by atoms with van der Waals surface area (Å²) >= 11 is 0. The first kappa shape index (κ1) is 18.7. The summed E-state index contributed by atoms with van der Waals surface area (Å²) in [5, 5.41) is 0.488. The van der Waals surface area contributed by atoms with Crippen LogP contribution in [-0.2, 0) is 19.5 Å². The molecule has 0 fully saturated rings. The zero-order valence-corrected chi connectivity index (χ0v) is 16.1. The van der Waals surface area contributed by atoms with Crippen LogP contribution in [0.25, 0.3) is 11.0 Å². The predicted molar refractivity (Wildman–Crippen MR) is 111 cm³/mol. The van der Waals surface area contributed by atoms with Gasteiger partial charge in [0.05, 0.1) is 18.2 Å². The normalized spacial score (nSPS) is 10.9. The Balaban J connectivity index is 1.70. The highest BCUT2D eigenvalue weighted by molar-refractivity contribution is 5.93. The number of amides is 1. The van der Waals surface area contributed by atoms with Crippen molar-refractivity contribution in [3.8, 4) is 0 Å². The van der Waals surface area contributed by atoms with E-state index in [-0.39, 0.29) is 23.6 Å². The van der Waals surface area contributed by atoms with E-state index in [1.165, 1.54) is 6.07 Å². The van der Waals surface area contributed by atoms with Gasteiger partial charge in [-0.2, -0.15) is 0 Å². The second kappa shape index (κ2) is 8.19. The molecule has 0 spiro atoms. The van der Waals surface area contributed by atoms with E-state index in [1.807, 2.05) is 55.5 Å². The molecular formula is C24H21NO4. The number of nitrogens with zero attached hydrogens (tertiary/aromatic N) is 1. The fourth-order valence-corrected chi connectivity index (χ4v) is 3.28. The summed E-state index contributed by atoms with van der Waals surface area (Å²) in [7, 11) is 0. The Kier molecular flexibility index (Phi) is 5.29. The first-order chi connectivity index (χ1) is 14.1. The Hall–Kier alpha value is -3.60. The van der Waals surface area contributed by atoms with Crippen LogP contribution in [0.15, 0.2) is 86.6 Å². The Morgan fingerprint density at radius 2 is 1.76 bits per heavy atom. The molecule has 4 aromatic rings. The molecule has 0 N–H and O–H groups in total. The highest BCUT2D eigenvalue weighted by Crippen LogP contribution is 2.19. The Morgan fingerprint density at radius 1 is 0.931 bits per heavy atom. The summed E-state index contributed by atoms with van der Waals surface area (Å²) in [4.78, 5) is 27.5. The van der Waals surface area contributed by atoms with Crippen LogP contribution < -0.4 is 5.43 Å². The minimum Gasteiger partial charge on any atom is -0.467 e. The summed E-state index contributed by atoms with van der Waals surface area (Å²) in [5.74, 6) is 0.322.